The van der Waals surface area contributed by atoms with E-state index in [4.69, 9.17) is 4.74 Å². The van der Waals surface area contributed by atoms with Crippen molar-refractivity contribution in [1.29, 1.82) is 0 Å². The Labute approximate surface area is 131 Å². The first kappa shape index (κ1) is 16.9. The number of morpholine rings is 1. The van der Waals surface area contributed by atoms with Crippen LogP contribution in [0.2, 0.25) is 0 Å². The second kappa shape index (κ2) is 7.19. The van der Waals surface area contributed by atoms with Crippen molar-refractivity contribution < 1.29 is 13.2 Å². The molecule has 1 fully saturated rings. The van der Waals surface area contributed by atoms with Gasteiger partial charge in [-0.05, 0) is 38.3 Å². The van der Waals surface area contributed by atoms with Gasteiger partial charge in [0.15, 0.2) is 0 Å². The maximum atomic E-state index is 12.8. The first-order chi connectivity index (χ1) is 9.95. The van der Waals surface area contributed by atoms with Crippen LogP contribution in [0.25, 0.3) is 0 Å². The third-order valence-corrected chi connectivity index (χ3v) is 6.39. The fraction of sp³-hybridized carbons (Fsp3) is 0.714. The van der Waals surface area contributed by atoms with E-state index in [1.807, 2.05) is 19.2 Å². The van der Waals surface area contributed by atoms with E-state index in [-0.39, 0.29) is 12.2 Å². The SMILES string of the molecule is CCCNCc1sccc1S(=O)(=O)N1CC(C)OC(C)C1. The highest BCUT2D eigenvalue weighted by molar-refractivity contribution is 7.89. The van der Waals surface area contributed by atoms with Gasteiger partial charge < -0.3 is 10.1 Å². The molecule has 0 aromatic carbocycles. The third-order valence-electron chi connectivity index (χ3n) is 3.42. The Morgan fingerprint density at radius 1 is 1.38 bits per heavy atom. The number of rotatable bonds is 6. The smallest absolute Gasteiger partial charge is 0.244 e. The molecule has 0 radical (unpaired) electrons. The summed E-state index contributed by atoms with van der Waals surface area (Å²) in [5, 5.41) is 5.12. The van der Waals surface area contributed by atoms with Crippen molar-refractivity contribution in [3.05, 3.63) is 16.3 Å². The molecule has 0 aliphatic carbocycles. The molecule has 1 aliphatic rings. The molecule has 7 heteroatoms. The van der Waals surface area contributed by atoms with Gasteiger partial charge in [0.05, 0.1) is 17.1 Å². The van der Waals surface area contributed by atoms with E-state index in [1.54, 1.807) is 10.4 Å². The quantitative estimate of drug-likeness (QED) is 0.810. The first-order valence-electron chi connectivity index (χ1n) is 7.37. The lowest BCUT2D eigenvalue weighted by Crippen LogP contribution is -2.48. The molecule has 2 atom stereocenters. The maximum Gasteiger partial charge on any atom is 0.244 e. The zero-order valence-corrected chi connectivity index (χ0v) is 14.5. The zero-order chi connectivity index (χ0) is 15.5. The molecular weight excluding hydrogens is 308 g/mol. The van der Waals surface area contributed by atoms with E-state index in [1.165, 1.54) is 11.3 Å². The summed E-state index contributed by atoms with van der Waals surface area (Å²) in [6.45, 7) is 8.26. The van der Waals surface area contributed by atoms with Crippen molar-refractivity contribution in [1.82, 2.24) is 9.62 Å². The number of ether oxygens (including phenoxy) is 1. The van der Waals surface area contributed by atoms with E-state index in [2.05, 4.69) is 12.2 Å². The molecule has 1 N–H and O–H groups in total. The summed E-state index contributed by atoms with van der Waals surface area (Å²) < 4.78 is 32.9. The number of hydrogen-bond acceptors (Lipinski definition) is 5. The van der Waals surface area contributed by atoms with Gasteiger partial charge in [0.25, 0.3) is 0 Å². The number of sulfonamides is 1. The second-order valence-corrected chi connectivity index (χ2v) is 8.37. The Kier molecular flexibility index (Phi) is 5.79. The van der Waals surface area contributed by atoms with Crippen LogP contribution in [-0.2, 0) is 21.3 Å². The minimum atomic E-state index is -3.43. The van der Waals surface area contributed by atoms with Gasteiger partial charge in [0.1, 0.15) is 0 Å². The molecule has 1 aromatic heterocycles. The highest BCUT2D eigenvalue weighted by Gasteiger charge is 2.33. The molecule has 2 rings (SSSR count). The topological polar surface area (TPSA) is 58.6 Å². The highest BCUT2D eigenvalue weighted by Crippen LogP contribution is 2.27. The Morgan fingerprint density at radius 2 is 2.05 bits per heavy atom. The second-order valence-electron chi connectivity index (χ2n) is 5.46. The lowest BCUT2D eigenvalue weighted by Gasteiger charge is -2.34. The van der Waals surface area contributed by atoms with Crippen LogP contribution in [-0.4, -0.2) is 44.6 Å². The fourth-order valence-corrected chi connectivity index (χ4v) is 5.51. The van der Waals surface area contributed by atoms with Gasteiger partial charge in [0, 0.05) is 24.5 Å². The van der Waals surface area contributed by atoms with Gasteiger partial charge in [-0.3, -0.25) is 0 Å². The average Bonchev–Trinajstić information content (AvgIpc) is 2.87. The van der Waals surface area contributed by atoms with Crippen LogP contribution in [0.1, 0.15) is 32.1 Å². The Morgan fingerprint density at radius 3 is 2.67 bits per heavy atom. The summed E-state index contributed by atoms with van der Waals surface area (Å²) in [4.78, 5) is 1.33. The Balaban J connectivity index is 2.17. The van der Waals surface area contributed by atoms with Crippen LogP contribution < -0.4 is 5.32 Å². The molecular formula is C14H24N2O3S2. The largest absolute Gasteiger partial charge is 0.373 e. The Bertz CT molecular complexity index is 546. The lowest BCUT2D eigenvalue weighted by atomic mass is 10.3. The van der Waals surface area contributed by atoms with Crippen molar-refractivity contribution >= 4 is 21.4 Å². The van der Waals surface area contributed by atoms with Crippen LogP contribution in [0.4, 0.5) is 0 Å². The maximum absolute atomic E-state index is 12.8. The molecule has 0 amide bonds. The third kappa shape index (κ3) is 4.04. The Hall–Kier alpha value is -0.470. The lowest BCUT2D eigenvalue weighted by molar-refractivity contribution is -0.0440. The van der Waals surface area contributed by atoms with Crippen molar-refractivity contribution in [3.63, 3.8) is 0 Å². The minimum Gasteiger partial charge on any atom is -0.373 e. The summed E-state index contributed by atoms with van der Waals surface area (Å²) in [6, 6.07) is 1.72. The van der Waals surface area contributed by atoms with Crippen molar-refractivity contribution in [2.75, 3.05) is 19.6 Å². The van der Waals surface area contributed by atoms with E-state index in [0.717, 1.165) is 17.8 Å². The number of thiophene rings is 1. The summed E-state index contributed by atoms with van der Waals surface area (Å²) >= 11 is 1.49. The van der Waals surface area contributed by atoms with Crippen molar-refractivity contribution in [2.45, 2.75) is 50.8 Å². The molecule has 1 aliphatic heterocycles. The fourth-order valence-electron chi connectivity index (χ4n) is 2.53. The van der Waals surface area contributed by atoms with Gasteiger partial charge in [-0.1, -0.05) is 6.92 Å². The van der Waals surface area contributed by atoms with E-state index in [9.17, 15) is 8.42 Å². The number of nitrogens with one attached hydrogen (secondary N) is 1. The van der Waals surface area contributed by atoms with E-state index < -0.39 is 10.0 Å². The van der Waals surface area contributed by atoms with Gasteiger partial charge in [0.2, 0.25) is 10.0 Å². The number of nitrogens with zero attached hydrogens (tertiary/aromatic N) is 1. The molecule has 1 aromatic rings. The van der Waals surface area contributed by atoms with E-state index >= 15 is 0 Å². The zero-order valence-electron chi connectivity index (χ0n) is 12.8. The molecule has 1 saturated heterocycles. The van der Waals surface area contributed by atoms with Crippen LogP contribution in [0.15, 0.2) is 16.3 Å². The van der Waals surface area contributed by atoms with Crippen molar-refractivity contribution in [3.8, 4) is 0 Å². The molecule has 0 saturated carbocycles. The van der Waals surface area contributed by atoms with Gasteiger partial charge in [-0.15, -0.1) is 11.3 Å². The van der Waals surface area contributed by atoms with E-state index in [0.29, 0.717) is 24.5 Å². The van der Waals surface area contributed by atoms with Gasteiger partial charge in [-0.25, -0.2) is 8.42 Å². The minimum absolute atomic E-state index is 0.0659. The molecule has 5 nitrogen and oxygen atoms in total. The summed E-state index contributed by atoms with van der Waals surface area (Å²) in [5.41, 5.74) is 0. The summed E-state index contributed by atoms with van der Waals surface area (Å²) in [6.07, 6.45) is 0.902. The first-order valence-corrected chi connectivity index (χ1v) is 9.69. The molecule has 2 heterocycles. The van der Waals surface area contributed by atoms with Crippen LogP contribution in [0.3, 0.4) is 0 Å². The molecule has 21 heavy (non-hydrogen) atoms. The van der Waals surface area contributed by atoms with Gasteiger partial charge in [-0.2, -0.15) is 4.31 Å². The normalized spacial score (nSPS) is 24.3. The molecule has 2 unspecified atom stereocenters. The molecule has 0 bridgehead atoms. The van der Waals surface area contributed by atoms with Gasteiger partial charge >= 0.3 is 0 Å². The molecule has 0 spiro atoms. The summed E-state index contributed by atoms with van der Waals surface area (Å²) in [5.74, 6) is 0. The predicted octanol–water partition coefficient (Wildman–Crippen LogP) is 2.05. The van der Waals surface area contributed by atoms with Crippen LogP contribution in [0, 0.1) is 0 Å². The van der Waals surface area contributed by atoms with Crippen molar-refractivity contribution in [2.24, 2.45) is 0 Å². The predicted molar refractivity (Wildman–Crippen MR) is 85.1 cm³/mol. The standard InChI is InChI=1S/C14H24N2O3S2/c1-4-6-15-8-13-14(5-7-20-13)21(17,18)16-9-11(2)19-12(3)10-16/h5,7,11-12,15H,4,6,8-10H2,1-3H3. The van der Waals surface area contributed by atoms with Crippen LogP contribution >= 0.6 is 11.3 Å². The molecule has 120 valence electrons. The monoisotopic (exact) mass is 332 g/mol. The number of hydrogen-bond donors (Lipinski definition) is 1. The van der Waals surface area contributed by atoms with Crippen LogP contribution in [0.5, 0.6) is 0 Å². The summed E-state index contributed by atoms with van der Waals surface area (Å²) in [7, 11) is -3.43. The highest BCUT2D eigenvalue weighted by atomic mass is 32.2. The average molecular weight is 332 g/mol.